The van der Waals surface area contributed by atoms with Gasteiger partial charge in [0.25, 0.3) is 0 Å². The molecule has 160 valence electrons. The molecule has 1 aliphatic heterocycles. The first-order valence-electron chi connectivity index (χ1n) is 8.65. The minimum atomic E-state index is -4.62. The van der Waals surface area contributed by atoms with Crippen molar-refractivity contribution in [3.63, 3.8) is 0 Å². The molecule has 0 atom stereocenters. The number of nitrogens with two attached hydrogens (primary N) is 1. The molecule has 29 heavy (non-hydrogen) atoms. The number of fused-ring (bicyclic) bond motifs is 1. The van der Waals surface area contributed by atoms with E-state index in [4.69, 9.17) is 0 Å². The van der Waals surface area contributed by atoms with Crippen LogP contribution < -0.4 is 5.73 Å². The van der Waals surface area contributed by atoms with Crippen molar-refractivity contribution < 1.29 is 31.1 Å². The Balaban J connectivity index is 0.00000145. The van der Waals surface area contributed by atoms with Crippen LogP contribution in [-0.2, 0) is 30.5 Å². The lowest BCUT2D eigenvalue weighted by molar-refractivity contribution is -0.148. The Bertz CT molecular complexity index is 867. The molecule has 1 aromatic heterocycles. The highest BCUT2D eigenvalue weighted by molar-refractivity contribution is 5.76. The molecule has 0 unspecified atom stereocenters. The maximum absolute atomic E-state index is 13.6. The first kappa shape index (κ1) is 22.7. The zero-order valence-electron chi connectivity index (χ0n) is 15.4. The summed E-state index contributed by atoms with van der Waals surface area (Å²) in [6.07, 6.45) is -4.43. The Kier molecular flexibility index (Phi) is 7.22. The maximum atomic E-state index is 13.6. The quantitative estimate of drug-likeness (QED) is 0.606. The molecular weight excluding hydrogens is 404 g/mol. The van der Waals surface area contributed by atoms with E-state index in [9.17, 15) is 31.1 Å². The lowest BCUT2D eigenvalue weighted by atomic mass is 10.1. The molecule has 1 amide bonds. The van der Waals surface area contributed by atoms with Gasteiger partial charge in [0.2, 0.25) is 11.7 Å². The molecule has 1 aliphatic rings. The molecule has 1 aromatic carbocycles. The van der Waals surface area contributed by atoms with Crippen LogP contribution in [0.1, 0.15) is 30.1 Å². The molecule has 0 spiro atoms. The molecule has 0 saturated heterocycles. The van der Waals surface area contributed by atoms with E-state index < -0.39 is 29.5 Å². The Labute approximate surface area is 162 Å². The number of aromatic nitrogens is 3. The number of hydrogen-bond donors (Lipinski definition) is 1. The van der Waals surface area contributed by atoms with Crippen LogP contribution in [0.5, 0.6) is 0 Å². The van der Waals surface area contributed by atoms with Gasteiger partial charge in [0.05, 0.1) is 6.54 Å². The van der Waals surface area contributed by atoms with Gasteiger partial charge >= 0.3 is 6.18 Å². The van der Waals surface area contributed by atoms with Gasteiger partial charge in [0.15, 0.2) is 17.5 Å². The minimum absolute atomic E-state index is 0.0152. The predicted molar refractivity (Wildman–Crippen MR) is 89.8 cm³/mol. The van der Waals surface area contributed by atoms with Crippen LogP contribution >= 0.6 is 0 Å². The second-order valence-corrected chi connectivity index (χ2v) is 6.12. The van der Waals surface area contributed by atoms with Crippen LogP contribution in [0, 0.1) is 17.5 Å². The van der Waals surface area contributed by atoms with Gasteiger partial charge in [-0.05, 0) is 31.5 Å². The summed E-state index contributed by atoms with van der Waals surface area (Å²) in [5.41, 5.74) is 4.45. The van der Waals surface area contributed by atoms with Crippen LogP contribution in [0.4, 0.5) is 26.3 Å². The van der Waals surface area contributed by atoms with Gasteiger partial charge in [-0.2, -0.15) is 13.2 Å². The Morgan fingerprint density at radius 2 is 1.72 bits per heavy atom. The van der Waals surface area contributed by atoms with E-state index in [1.165, 1.54) is 11.9 Å². The van der Waals surface area contributed by atoms with Crippen LogP contribution in [0.25, 0.3) is 0 Å². The molecule has 2 N–H and O–H groups in total. The second-order valence-electron chi connectivity index (χ2n) is 6.12. The molecule has 6 nitrogen and oxygen atoms in total. The van der Waals surface area contributed by atoms with E-state index in [1.54, 1.807) is 0 Å². The largest absolute Gasteiger partial charge is 0.451 e. The second kappa shape index (κ2) is 9.25. The molecule has 0 bridgehead atoms. The molecule has 0 saturated carbocycles. The average Bonchev–Trinajstić information content (AvgIpc) is 3.11. The molecule has 12 heteroatoms. The van der Waals surface area contributed by atoms with Crippen LogP contribution in [0.3, 0.4) is 0 Å². The highest BCUT2D eigenvalue weighted by Crippen LogP contribution is 2.29. The number of amides is 1. The zero-order valence-corrected chi connectivity index (χ0v) is 15.4. The first-order valence-corrected chi connectivity index (χ1v) is 8.65. The molecule has 2 heterocycles. The molecule has 2 aromatic rings. The summed E-state index contributed by atoms with van der Waals surface area (Å²) in [4.78, 5) is 13.6. The first-order chi connectivity index (χ1) is 13.7. The highest BCUT2D eigenvalue weighted by Gasteiger charge is 2.39. The fraction of sp³-hybridized carbons (Fsp3) is 0.471. The smallest absolute Gasteiger partial charge is 0.333 e. The van der Waals surface area contributed by atoms with Crippen LogP contribution in [0.2, 0.25) is 0 Å². The van der Waals surface area contributed by atoms with E-state index in [0.29, 0.717) is 6.07 Å². The van der Waals surface area contributed by atoms with E-state index >= 15 is 0 Å². The van der Waals surface area contributed by atoms with E-state index in [2.05, 4.69) is 15.9 Å². The molecule has 0 fully saturated rings. The topological polar surface area (TPSA) is 77.0 Å². The van der Waals surface area contributed by atoms with Gasteiger partial charge in [0.1, 0.15) is 5.82 Å². The number of hydrogen-bond acceptors (Lipinski definition) is 4. The van der Waals surface area contributed by atoms with Gasteiger partial charge in [-0.3, -0.25) is 4.79 Å². The number of nitrogens with zero attached hydrogens (tertiary/aromatic N) is 4. The van der Waals surface area contributed by atoms with Crippen LogP contribution in [0.15, 0.2) is 12.1 Å². The number of alkyl halides is 3. The third kappa shape index (κ3) is 5.25. The SMILES string of the molecule is CN.O=C(CCCc1cc(F)c(F)cc1F)N1CCn2c(nnc2C(F)(F)F)C1. The van der Waals surface area contributed by atoms with E-state index in [-0.39, 0.29) is 56.2 Å². The number of carbonyl (C=O) groups is 1. The number of carbonyl (C=O) groups excluding carboxylic acids is 1. The molecule has 3 rings (SSSR count). The normalized spacial score (nSPS) is 13.6. The lowest BCUT2D eigenvalue weighted by Crippen LogP contribution is -2.39. The maximum Gasteiger partial charge on any atom is 0.451 e. The van der Waals surface area contributed by atoms with Crippen LogP contribution in [-0.4, -0.2) is 39.2 Å². The number of halogens is 6. The van der Waals surface area contributed by atoms with Crippen molar-refractivity contribution in [2.24, 2.45) is 5.73 Å². The van der Waals surface area contributed by atoms with Crippen molar-refractivity contribution in [1.82, 2.24) is 19.7 Å². The van der Waals surface area contributed by atoms with Crippen molar-refractivity contribution in [3.05, 3.63) is 46.8 Å². The Morgan fingerprint density at radius 3 is 2.38 bits per heavy atom. The molecule has 0 radical (unpaired) electrons. The van der Waals surface area contributed by atoms with Crippen molar-refractivity contribution in [2.45, 2.75) is 38.5 Å². The van der Waals surface area contributed by atoms with Gasteiger partial charge < -0.3 is 15.2 Å². The summed E-state index contributed by atoms with van der Waals surface area (Å²) in [6.45, 7) is -0.130. The summed E-state index contributed by atoms with van der Waals surface area (Å²) in [7, 11) is 1.50. The van der Waals surface area contributed by atoms with E-state index in [0.717, 1.165) is 10.6 Å². The summed E-state index contributed by atoms with van der Waals surface area (Å²) >= 11 is 0. The summed E-state index contributed by atoms with van der Waals surface area (Å²) < 4.78 is 78.9. The van der Waals surface area contributed by atoms with Crippen molar-refractivity contribution in [2.75, 3.05) is 13.6 Å². The third-order valence-electron chi connectivity index (χ3n) is 4.29. The summed E-state index contributed by atoms with van der Waals surface area (Å²) in [6, 6.07) is 1.19. The zero-order chi connectivity index (χ0) is 21.8. The average molecular weight is 423 g/mol. The predicted octanol–water partition coefficient (Wildman–Crippen LogP) is 2.65. The summed E-state index contributed by atoms with van der Waals surface area (Å²) in [5, 5.41) is 6.62. The third-order valence-corrected chi connectivity index (χ3v) is 4.29. The van der Waals surface area contributed by atoms with Crippen molar-refractivity contribution in [3.8, 4) is 0 Å². The van der Waals surface area contributed by atoms with Gasteiger partial charge in [-0.25, -0.2) is 13.2 Å². The van der Waals surface area contributed by atoms with Gasteiger partial charge in [-0.15, -0.1) is 10.2 Å². The van der Waals surface area contributed by atoms with Gasteiger partial charge in [-0.1, -0.05) is 0 Å². The Morgan fingerprint density at radius 1 is 1.07 bits per heavy atom. The fourth-order valence-corrected chi connectivity index (χ4v) is 2.92. The standard InChI is InChI=1S/C16H14F6N4O.CH5N/c17-10-7-12(19)11(18)6-9(10)2-1-3-14(27)25-4-5-26-13(8-25)23-24-15(26)16(20,21)22;1-2/h6-7H,1-5,8H2;2H2,1H3. The summed E-state index contributed by atoms with van der Waals surface area (Å²) in [5.74, 6) is -4.77. The fourth-order valence-electron chi connectivity index (χ4n) is 2.92. The number of benzene rings is 1. The minimum Gasteiger partial charge on any atom is -0.333 e. The highest BCUT2D eigenvalue weighted by atomic mass is 19.4. The molecular formula is C17H19F6N5O. The van der Waals surface area contributed by atoms with Crippen molar-refractivity contribution >= 4 is 5.91 Å². The Hall–Kier alpha value is -2.63. The number of aryl methyl sites for hydroxylation is 1. The van der Waals surface area contributed by atoms with Gasteiger partial charge in [0, 0.05) is 25.6 Å². The van der Waals surface area contributed by atoms with Crippen molar-refractivity contribution in [1.29, 1.82) is 0 Å². The lowest BCUT2D eigenvalue weighted by Gasteiger charge is -2.28. The van der Waals surface area contributed by atoms with E-state index in [1.807, 2.05) is 0 Å². The number of rotatable bonds is 4. The molecule has 0 aliphatic carbocycles. The monoisotopic (exact) mass is 423 g/mol.